The smallest absolute Gasteiger partial charge is 0.291 e. The number of hydrogen-bond donors (Lipinski definition) is 0. The number of nitrogens with zero attached hydrogens (tertiary/aromatic N) is 5. The molecule has 0 spiro atoms. The summed E-state index contributed by atoms with van der Waals surface area (Å²) in [6, 6.07) is 23.3. The first kappa shape index (κ1) is 20.1. The Bertz CT molecular complexity index is 1710. The van der Waals surface area contributed by atoms with E-state index in [2.05, 4.69) is 10.1 Å². The molecule has 0 saturated heterocycles. The van der Waals surface area contributed by atoms with Crippen LogP contribution in [0.5, 0.6) is 0 Å². The predicted octanol–water partition coefficient (Wildman–Crippen LogP) is 4.31. The molecule has 0 N–H and O–H groups in total. The molecule has 4 heterocycles. The molecule has 8 heteroatoms. The van der Waals surface area contributed by atoms with Crippen molar-refractivity contribution in [2.45, 2.75) is 0 Å². The molecular formula is C26H17N5O2S. The Labute approximate surface area is 197 Å². The summed E-state index contributed by atoms with van der Waals surface area (Å²) in [5, 5.41) is 9.08. The van der Waals surface area contributed by atoms with Crippen LogP contribution >= 0.6 is 11.3 Å². The number of benzene rings is 2. The fourth-order valence-electron chi connectivity index (χ4n) is 3.61. The molecule has 34 heavy (non-hydrogen) atoms. The highest BCUT2D eigenvalue weighted by Gasteiger charge is 2.15. The van der Waals surface area contributed by atoms with Crippen molar-refractivity contribution in [1.29, 1.82) is 0 Å². The second kappa shape index (κ2) is 8.42. The van der Waals surface area contributed by atoms with E-state index in [0.717, 1.165) is 16.8 Å². The van der Waals surface area contributed by atoms with Crippen LogP contribution in [0.15, 0.2) is 94.5 Å². The van der Waals surface area contributed by atoms with Crippen LogP contribution in [0, 0.1) is 0 Å². The molecule has 7 nitrogen and oxygen atoms in total. The van der Waals surface area contributed by atoms with Gasteiger partial charge in [-0.1, -0.05) is 65.9 Å². The third-order valence-electron chi connectivity index (χ3n) is 5.23. The normalized spacial score (nSPS) is 12.3. The van der Waals surface area contributed by atoms with Gasteiger partial charge in [-0.15, -0.1) is 5.10 Å². The Hall–Kier alpha value is -4.56. The van der Waals surface area contributed by atoms with Crippen LogP contribution in [0.25, 0.3) is 40.3 Å². The SMILES string of the molecule is O=c1c(=Cc2cn(-c3ccccc3)nc2-c2ccco2)sc2nc(C=Cc3ccccc3)nn12. The summed E-state index contributed by atoms with van der Waals surface area (Å²) in [5.41, 5.74) is 3.15. The van der Waals surface area contributed by atoms with Gasteiger partial charge in [-0.05, 0) is 42.0 Å². The average Bonchev–Trinajstić information content (AvgIpc) is 3.66. The van der Waals surface area contributed by atoms with E-state index in [1.165, 1.54) is 15.9 Å². The minimum Gasteiger partial charge on any atom is -0.463 e. The van der Waals surface area contributed by atoms with Gasteiger partial charge >= 0.3 is 0 Å². The van der Waals surface area contributed by atoms with E-state index in [1.54, 1.807) is 17.0 Å². The van der Waals surface area contributed by atoms with Gasteiger partial charge in [0.1, 0.15) is 5.69 Å². The quantitative estimate of drug-likeness (QED) is 0.381. The zero-order chi connectivity index (χ0) is 22.9. The van der Waals surface area contributed by atoms with E-state index >= 15 is 0 Å². The number of rotatable bonds is 5. The van der Waals surface area contributed by atoms with Crippen molar-refractivity contribution in [2.24, 2.45) is 0 Å². The molecule has 0 atom stereocenters. The molecule has 0 amide bonds. The first-order chi connectivity index (χ1) is 16.7. The zero-order valence-electron chi connectivity index (χ0n) is 17.8. The van der Waals surface area contributed by atoms with Crippen molar-refractivity contribution in [1.82, 2.24) is 24.4 Å². The Morgan fingerprint density at radius 3 is 2.41 bits per heavy atom. The maximum Gasteiger partial charge on any atom is 0.291 e. The number of aromatic nitrogens is 5. The lowest BCUT2D eigenvalue weighted by Gasteiger charge is -1.98. The highest BCUT2D eigenvalue weighted by atomic mass is 32.1. The number of para-hydroxylation sites is 1. The van der Waals surface area contributed by atoms with Crippen molar-refractivity contribution < 1.29 is 4.42 Å². The first-order valence-electron chi connectivity index (χ1n) is 10.6. The molecular weight excluding hydrogens is 446 g/mol. The fraction of sp³-hybridized carbons (Fsp3) is 0. The third-order valence-corrected chi connectivity index (χ3v) is 6.19. The maximum atomic E-state index is 13.1. The second-order valence-electron chi connectivity index (χ2n) is 7.51. The van der Waals surface area contributed by atoms with E-state index in [1.807, 2.05) is 91.1 Å². The van der Waals surface area contributed by atoms with Crippen molar-refractivity contribution in [3.8, 4) is 17.1 Å². The van der Waals surface area contributed by atoms with Gasteiger partial charge in [-0.25, -0.2) is 4.68 Å². The topological polar surface area (TPSA) is 78.2 Å². The second-order valence-corrected chi connectivity index (χ2v) is 8.52. The van der Waals surface area contributed by atoms with Crippen LogP contribution in [0.2, 0.25) is 0 Å². The summed E-state index contributed by atoms with van der Waals surface area (Å²) in [6.45, 7) is 0. The summed E-state index contributed by atoms with van der Waals surface area (Å²) in [7, 11) is 0. The molecule has 2 aromatic carbocycles. The van der Waals surface area contributed by atoms with Gasteiger partial charge in [0.15, 0.2) is 11.6 Å². The molecule has 0 aliphatic rings. The van der Waals surface area contributed by atoms with Gasteiger partial charge in [0, 0.05) is 11.8 Å². The highest BCUT2D eigenvalue weighted by molar-refractivity contribution is 7.15. The van der Waals surface area contributed by atoms with Crippen LogP contribution < -0.4 is 10.1 Å². The van der Waals surface area contributed by atoms with Gasteiger partial charge in [0.25, 0.3) is 5.56 Å². The minimum atomic E-state index is -0.218. The van der Waals surface area contributed by atoms with Crippen molar-refractivity contribution >= 4 is 34.5 Å². The van der Waals surface area contributed by atoms with Gasteiger partial charge in [-0.2, -0.15) is 14.6 Å². The van der Waals surface area contributed by atoms with Gasteiger partial charge in [0.05, 0.1) is 16.5 Å². The molecule has 0 radical (unpaired) electrons. The Balaban J connectivity index is 1.41. The molecule has 0 saturated carbocycles. The highest BCUT2D eigenvalue weighted by Crippen LogP contribution is 2.24. The lowest BCUT2D eigenvalue weighted by molar-refractivity contribution is 0.579. The van der Waals surface area contributed by atoms with Crippen LogP contribution in [-0.2, 0) is 0 Å². The summed E-state index contributed by atoms with van der Waals surface area (Å²) in [4.78, 5) is 18.1. The fourth-order valence-corrected chi connectivity index (χ4v) is 4.51. The van der Waals surface area contributed by atoms with Crippen molar-refractivity contribution in [2.75, 3.05) is 0 Å². The molecule has 0 fully saturated rings. The molecule has 0 aliphatic heterocycles. The Kier molecular flexibility index (Phi) is 4.97. The minimum absolute atomic E-state index is 0.218. The van der Waals surface area contributed by atoms with Gasteiger partial charge in [-0.3, -0.25) is 4.79 Å². The Morgan fingerprint density at radius 1 is 0.882 bits per heavy atom. The molecule has 164 valence electrons. The zero-order valence-corrected chi connectivity index (χ0v) is 18.6. The van der Waals surface area contributed by atoms with Crippen molar-refractivity contribution in [3.63, 3.8) is 0 Å². The monoisotopic (exact) mass is 463 g/mol. The van der Waals surface area contributed by atoms with Crippen LogP contribution in [0.3, 0.4) is 0 Å². The standard InChI is InChI=1S/C26H17N5O2S/c32-25-22(34-26-27-23(28-31(25)26)14-13-18-8-3-1-4-9-18)16-19-17-30(20-10-5-2-6-11-20)29-24(19)21-12-7-15-33-21/h1-17H. The summed E-state index contributed by atoms with van der Waals surface area (Å²) in [6.07, 6.45) is 9.03. The summed E-state index contributed by atoms with van der Waals surface area (Å²) in [5.74, 6) is 1.12. The summed E-state index contributed by atoms with van der Waals surface area (Å²) >= 11 is 1.29. The number of hydrogen-bond acceptors (Lipinski definition) is 6. The van der Waals surface area contributed by atoms with Crippen LogP contribution in [0.1, 0.15) is 17.0 Å². The van der Waals surface area contributed by atoms with Crippen molar-refractivity contribution in [3.05, 3.63) is 117 Å². The number of thiazole rings is 1. The average molecular weight is 464 g/mol. The Morgan fingerprint density at radius 2 is 1.68 bits per heavy atom. The lowest BCUT2D eigenvalue weighted by Crippen LogP contribution is -2.23. The van der Waals surface area contributed by atoms with Gasteiger partial charge in [0.2, 0.25) is 4.96 Å². The predicted molar refractivity (Wildman–Crippen MR) is 133 cm³/mol. The molecule has 6 aromatic rings. The molecule has 0 unspecified atom stereocenters. The van der Waals surface area contributed by atoms with E-state index in [4.69, 9.17) is 9.52 Å². The first-order valence-corrected chi connectivity index (χ1v) is 11.4. The van der Waals surface area contributed by atoms with E-state index in [0.29, 0.717) is 26.8 Å². The largest absolute Gasteiger partial charge is 0.463 e. The van der Waals surface area contributed by atoms with E-state index in [9.17, 15) is 4.79 Å². The van der Waals surface area contributed by atoms with E-state index in [-0.39, 0.29) is 5.56 Å². The van der Waals surface area contributed by atoms with Gasteiger partial charge < -0.3 is 4.42 Å². The molecule has 4 aromatic heterocycles. The third kappa shape index (κ3) is 3.76. The summed E-state index contributed by atoms with van der Waals surface area (Å²) < 4.78 is 9.23. The van der Waals surface area contributed by atoms with Crippen LogP contribution in [0.4, 0.5) is 0 Å². The van der Waals surface area contributed by atoms with E-state index < -0.39 is 0 Å². The molecule has 0 bridgehead atoms. The number of fused-ring (bicyclic) bond motifs is 1. The molecule has 0 aliphatic carbocycles. The number of furan rings is 1. The molecule has 6 rings (SSSR count). The lowest BCUT2D eigenvalue weighted by atomic mass is 10.2. The van der Waals surface area contributed by atoms with Crippen LogP contribution in [-0.4, -0.2) is 24.4 Å². The maximum absolute atomic E-state index is 13.1.